The first-order valence-electron chi connectivity index (χ1n) is 7.20. The van der Waals surface area contributed by atoms with Gasteiger partial charge in [-0.3, -0.25) is 0 Å². The first-order valence-corrected chi connectivity index (χ1v) is 7.20. The normalized spacial score (nSPS) is 18.1. The molecular formula is C16H25NO2. The molecule has 2 rings (SSSR count). The Morgan fingerprint density at radius 3 is 2.68 bits per heavy atom. The van der Waals surface area contributed by atoms with Crippen LogP contribution < -0.4 is 10.1 Å². The molecule has 0 aliphatic heterocycles. The van der Waals surface area contributed by atoms with Crippen molar-refractivity contribution < 1.29 is 9.47 Å². The summed E-state index contributed by atoms with van der Waals surface area (Å²) in [4.78, 5) is 0. The van der Waals surface area contributed by atoms with Crippen molar-refractivity contribution in [2.45, 2.75) is 38.3 Å². The van der Waals surface area contributed by atoms with E-state index in [0.29, 0.717) is 5.92 Å². The van der Waals surface area contributed by atoms with E-state index in [4.69, 9.17) is 9.47 Å². The van der Waals surface area contributed by atoms with E-state index in [-0.39, 0.29) is 12.1 Å². The van der Waals surface area contributed by atoms with Crippen LogP contribution in [0.4, 0.5) is 0 Å². The smallest absolute Gasteiger partial charge is 0.119 e. The van der Waals surface area contributed by atoms with Gasteiger partial charge in [-0.25, -0.2) is 0 Å². The Morgan fingerprint density at radius 1 is 1.32 bits per heavy atom. The van der Waals surface area contributed by atoms with Gasteiger partial charge in [-0.05, 0) is 49.4 Å². The number of nitrogens with one attached hydrogen (secondary N) is 1. The van der Waals surface area contributed by atoms with Crippen molar-refractivity contribution in [1.82, 2.24) is 5.32 Å². The summed E-state index contributed by atoms with van der Waals surface area (Å²) in [6, 6.07) is 8.56. The average molecular weight is 263 g/mol. The van der Waals surface area contributed by atoms with Gasteiger partial charge in [0.25, 0.3) is 0 Å². The SMILES string of the molecule is CCCNC(c1cccc(OC)c1)C(OC)C1CC1. The van der Waals surface area contributed by atoms with Crippen LogP contribution in [0.1, 0.15) is 37.8 Å². The Hall–Kier alpha value is -1.06. The summed E-state index contributed by atoms with van der Waals surface area (Å²) in [5.41, 5.74) is 1.26. The van der Waals surface area contributed by atoms with E-state index in [1.54, 1.807) is 7.11 Å². The number of hydrogen-bond donors (Lipinski definition) is 1. The second-order valence-corrected chi connectivity index (χ2v) is 5.25. The molecule has 1 N–H and O–H groups in total. The highest BCUT2D eigenvalue weighted by molar-refractivity contribution is 5.31. The largest absolute Gasteiger partial charge is 0.497 e. The Kier molecular flexibility index (Phi) is 5.23. The standard InChI is InChI=1S/C16H25NO2/c1-4-10-17-15(16(19-3)12-8-9-12)13-6-5-7-14(11-13)18-2/h5-7,11-12,15-17H,4,8-10H2,1-3H3. The lowest BCUT2D eigenvalue weighted by atomic mass is 9.97. The quantitative estimate of drug-likeness (QED) is 0.781. The highest BCUT2D eigenvalue weighted by atomic mass is 16.5. The minimum absolute atomic E-state index is 0.257. The maximum atomic E-state index is 5.76. The maximum Gasteiger partial charge on any atom is 0.119 e. The van der Waals surface area contributed by atoms with Gasteiger partial charge in [0.15, 0.2) is 0 Å². The maximum absolute atomic E-state index is 5.76. The fraction of sp³-hybridized carbons (Fsp3) is 0.625. The van der Waals surface area contributed by atoms with E-state index < -0.39 is 0 Å². The summed E-state index contributed by atoms with van der Waals surface area (Å²) in [6.07, 6.45) is 3.96. The third-order valence-corrected chi connectivity index (χ3v) is 3.75. The van der Waals surface area contributed by atoms with Crippen LogP contribution in [0, 0.1) is 5.92 Å². The van der Waals surface area contributed by atoms with Crippen LogP contribution in [-0.4, -0.2) is 26.9 Å². The van der Waals surface area contributed by atoms with Gasteiger partial charge in [-0.1, -0.05) is 19.1 Å². The zero-order valence-electron chi connectivity index (χ0n) is 12.2. The molecule has 0 radical (unpaired) electrons. The van der Waals surface area contributed by atoms with Crippen LogP contribution in [0.5, 0.6) is 5.75 Å². The summed E-state index contributed by atoms with van der Waals surface area (Å²) >= 11 is 0. The molecule has 2 unspecified atom stereocenters. The Morgan fingerprint density at radius 2 is 2.11 bits per heavy atom. The summed E-state index contributed by atoms with van der Waals surface area (Å²) in [5.74, 6) is 1.61. The highest BCUT2D eigenvalue weighted by Gasteiger charge is 2.37. The molecule has 1 aromatic rings. The highest BCUT2D eigenvalue weighted by Crippen LogP contribution is 2.40. The first kappa shape index (κ1) is 14.4. The number of rotatable bonds is 8. The van der Waals surface area contributed by atoms with Crippen molar-refractivity contribution in [3.63, 3.8) is 0 Å². The topological polar surface area (TPSA) is 30.5 Å². The number of hydrogen-bond acceptors (Lipinski definition) is 3. The van der Waals surface area contributed by atoms with Gasteiger partial charge in [0, 0.05) is 7.11 Å². The van der Waals surface area contributed by atoms with Crippen molar-refractivity contribution in [3.05, 3.63) is 29.8 Å². The van der Waals surface area contributed by atoms with Crippen LogP contribution in [0.15, 0.2) is 24.3 Å². The minimum Gasteiger partial charge on any atom is -0.497 e. The van der Waals surface area contributed by atoms with Crippen molar-refractivity contribution in [3.8, 4) is 5.75 Å². The number of methoxy groups -OCH3 is 2. The Balaban J connectivity index is 2.19. The van der Waals surface area contributed by atoms with Gasteiger partial charge in [-0.15, -0.1) is 0 Å². The summed E-state index contributed by atoms with van der Waals surface area (Å²) in [6.45, 7) is 3.20. The lowest BCUT2D eigenvalue weighted by Gasteiger charge is -2.28. The van der Waals surface area contributed by atoms with E-state index in [1.807, 2.05) is 13.2 Å². The molecule has 3 heteroatoms. The Labute approximate surface area is 116 Å². The van der Waals surface area contributed by atoms with Crippen molar-refractivity contribution in [2.75, 3.05) is 20.8 Å². The zero-order valence-corrected chi connectivity index (χ0v) is 12.2. The predicted octanol–water partition coefficient (Wildman–Crippen LogP) is 3.16. The molecule has 0 heterocycles. The molecule has 106 valence electrons. The van der Waals surface area contributed by atoms with Gasteiger partial charge in [-0.2, -0.15) is 0 Å². The fourth-order valence-electron chi connectivity index (χ4n) is 2.58. The van der Waals surface area contributed by atoms with Gasteiger partial charge in [0.1, 0.15) is 5.75 Å². The van der Waals surface area contributed by atoms with Gasteiger partial charge in [0.2, 0.25) is 0 Å². The van der Waals surface area contributed by atoms with E-state index in [0.717, 1.165) is 18.7 Å². The average Bonchev–Trinajstić information content (AvgIpc) is 3.28. The lowest BCUT2D eigenvalue weighted by Crippen LogP contribution is -2.35. The first-order chi connectivity index (χ1) is 9.30. The second-order valence-electron chi connectivity index (χ2n) is 5.25. The van der Waals surface area contributed by atoms with Crippen LogP contribution >= 0.6 is 0 Å². The predicted molar refractivity (Wildman–Crippen MR) is 77.5 cm³/mol. The molecule has 1 aliphatic carbocycles. The molecule has 0 spiro atoms. The molecule has 19 heavy (non-hydrogen) atoms. The van der Waals surface area contributed by atoms with Gasteiger partial charge >= 0.3 is 0 Å². The molecule has 0 bridgehead atoms. The zero-order chi connectivity index (χ0) is 13.7. The van der Waals surface area contributed by atoms with Crippen LogP contribution in [0.25, 0.3) is 0 Å². The van der Waals surface area contributed by atoms with Crippen molar-refractivity contribution >= 4 is 0 Å². The molecular weight excluding hydrogens is 238 g/mol. The van der Waals surface area contributed by atoms with E-state index in [2.05, 4.69) is 30.4 Å². The van der Waals surface area contributed by atoms with Gasteiger partial charge in [0.05, 0.1) is 19.3 Å². The van der Waals surface area contributed by atoms with E-state index in [1.165, 1.54) is 18.4 Å². The molecule has 1 aromatic carbocycles. The molecule has 0 aromatic heterocycles. The summed E-state index contributed by atoms with van der Waals surface area (Å²) < 4.78 is 11.1. The van der Waals surface area contributed by atoms with Crippen LogP contribution in [0.2, 0.25) is 0 Å². The molecule has 2 atom stereocenters. The monoisotopic (exact) mass is 263 g/mol. The second kappa shape index (κ2) is 6.92. The van der Waals surface area contributed by atoms with Crippen LogP contribution in [0.3, 0.4) is 0 Å². The third-order valence-electron chi connectivity index (χ3n) is 3.75. The van der Waals surface area contributed by atoms with Crippen molar-refractivity contribution in [2.24, 2.45) is 5.92 Å². The molecule has 1 saturated carbocycles. The number of ether oxygens (including phenoxy) is 2. The van der Waals surface area contributed by atoms with Crippen LogP contribution in [-0.2, 0) is 4.74 Å². The van der Waals surface area contributed by atoms with E-state index in [9.17, 15) is 0 Å². The van der Waals surface area contributed by atoms with Gasteiger partial charge < -0.3 is 14.8 Å². The molecule has 0 saturated heterocycles. The molecule has 1 aliphatic rings. The molecule has 1 fully saturated rings. The number of benzene rings is 1. The molecule has 3 nitrogen and oxygen atoms in total. The molecule has 0 amide bonds. The van der Waals surface area contributed by atoms with E-state index >= 15 is 0 Å². The lowest BCUT2D eigenvalue weighted by molar-refractivity contribution is 0.0506. The van der Waals surface area contributed by atoms with Crippen molar-refractivity contribution in [1.29, 1.82) is 0 Å². The Bertz CT molecular complexity index is 390. The third kappa shape index (κ3) is 3.71. The fourth-order valence-corrected chi connectivity index (χ4v) is 2.58. The summed E-state index contributed by atoms with van der Waals surface area (Å²) in [5, 5.41) is 3.63. The summed E-state index contributed by atoms with van der Waals surface area (Å²) in [7, 11) is 3.53. The minimum atomic E-state index is 0.257.